The van der Waals surface area contributed by atoms with Crippen molar-refractivity contribution in [3.63, 3.8) is 0 Å². The average Bonchev–Trinajstić information content (AvgIpc) is 2.60. The molecule has 1 aromatic rings. The fourth-order valence-electron chi connectivity index (χ4n) is 5.53. The van der Waals surface area contributed by atoms with E-state index in [0.29, 0.717) is 12.4 Å². The maximum atomic E-state index is 11.6. The summed E-state index contributed by atoms with van der Waals surface area (Å²) in [5.41, 5.74) is 1.41. The van der Waals surface area contributed by atoms with Crippen LogP contribution >= 0.6 is 45.2 Å². The van der Waals surface area contributed by atoms with Gasteiger partial charge in [0.15, 0.2) is 6.79 Å². The van der Waals surface area contributed by atoms with Crippen molar-refractivity contribution in [2.45, 2.75) is 57.7 Å². The van der Waals surface area contributed by atoms with Crippen molar-refractivity contribution < 1.29 is 19.0 Å². The predicted octanol–water partition coefficient (Wildman–Crippen LogP) is 5.84. The standard InChI is InChI=1S/C22H26I2O4/c1-13(2)21(25)26-11-17-6-18(23)20(19(24)7-17)27-12-28-22-8-14-3-15(9-22)5-16(4-14)10-22/h6-7,14-16H,1,3-5,8-12H2,2H3. The highest BCUT2D eigenvalue weighted by molar-refractivity contribution is 14.1. The van der Waals surface area contributed by atoms with Crippen LogP contribution in [-0.4, -0.2) is 18.4 Å². The number of benzene rings is 1. The molecule has 0 aromatic heterocycles. The van der Waals surface area contributed by atoms with E-state index in [-0.39, 0.29) is 18.2 Å². The van der Waals surface area contributed by atoms with Crippen LogP contribution in [0.5, 0.6) is 5.75 Å². The fourth-order valence-corrected chi connectivity index (χ4v) is 7.74. The molecule has 4 aliphatic rings. The molecule has 5 rings (SSSR count). The van der Waals surface area contributed by atoms with E-state index in [9.17, 15) is 4.79 Å². The summed E-state index contributed by atoms with van der Waals surface area (Å²) in [6.07, 6.45) is 7.88. The Morgan fingerprint density at radius 2 is 1.64 bits per heavy atom. The number of halogens is 2. The van der Waals surface area contributed by atoms with E-state index in [1.54, 1.807) is 6.92 Å². The van der Waals surface area contributed by atoms with Crippen LogP contribution in [0.25, 0.3) is 0 Å². The van der Waals surface area contributed by atoms with Crippen LogP contribution in [0.4, 0.5) is 0 Å². The zero-order chi connectivity index (χ0) is 19.9. The lowest BCUT2D eigenvalue weighted by atomic mass is 9.54. The topological polar surface area (TPSA) is 44.8 Å². The molecule has 4 aliphatic carbocycles. The second-order valence-corrected chi connectivity index (χ2v) is 11.1. The number of hydrogen-bond acceptors (Lipinski definition) is 4. The van der Waals surface area contributed by atoms with Gasteiger partial charge in [0, 0.05) is 5.57 Å². The molecule has 0 unspecified atom stereocenters. The molecule has 4 saturated carbocycles. The van der Waals surface area contributed by atoms with E-state index in [0.717, 1.165) is 36.2 Å². The summed E-state index contributed by atoms with van der Waals surface area (Å²) in [5.74, 6) is 3.09. The highest BCUT2D eigenvalue weighted by Gasteiger charge is 2.51. The van der Waals surface area contributed by atoms with Crippen molar-refractivity contribution in [3.8, 4) is 5.75 Å². The Labute approximate surface area is 194 Å². The van der Waals surface area contributed by atoms with Crippen LogP contribution < -0.4 is 4.74 Å². The minimum atomic E-state index is -0.366. The molecule has 152 valence electrons. The Bertz CT molecular complexity index is 730. The van der Waals surface area contributed by atoms with E-state index < -0.39 is 0 Å². The Morgan fingerprint density at radius 1 is 1.11 bits per heavy atom. The minimum absolute atomic E-state index is 0.0578. The van der Waals surface area contributed by atoms with Gasteiger partial charge in [-0.3, -0.25) is 0 Å². The van der Waals surface area contributed by atoms with Crippen LogP contribution in [0, 0.1) is 24.9 Å². The first-order valence-electron chi connectivity index (χ1n) is 9.91. The largest absolute Gasteiger partial charge is 0.465 e. The van der Waals surface area contributed by atoms with E-state index in [4.69, 9.17) is 14.2 Å². The number of hydrogen-bond donors (Lipinski definition) is 0. The zero-order valence-electron chi connectivity index (χ0n) is 16.1. The van der Waals surface area contributed by atoms with E-state index in [1.807, 2.05) is 12.1 Å². The van der Waals surface area contributed by atoms with Crippen molar-refractivity contribution in [3.05, 3.63) is 37.0 Å². The first kappa shape index (κ1) is 20.9. The predicted molar refractivity (Wildman–Crippen MR) is 124 cm³/mol. The molecule has 0 N–H and O–H groups in total. The summed E-state index contributed by atoms with van der Waals surface area (Å²) in [5, 5.41) is 0. The summed E-state index contributed by atoms with van der Waals surface area (Å²) < 4.78 is 19.7. The highest BCUT2D eigenvalue weighted by Crippen LogP contribution is 2.57. The van der Waals surface area contributed by atoms with Crippen LogP contribution in [-0.2, 0) is 20.9 Å². The zero-order valence-corrected chi connectivity index (χ0v) is 20.5. The van der Waals surface area contributed by atoms with Gasteiger partial charge in [-0.05, 0) is 126 Å². The third-order valence-electron chi connectivity index (χ3n) is 6.33. The molecule has 0 radical (unpaired) electrons. The second-order valence-electron chi connectivity index (χ2n) is 8.75. The molecule has 4 bridgehead atoms. The lowest BCUT2D eigenvalue weighted by molar-refractivity contribution is -0.190. The maximum Gasteiger partial charge on any atom is 0.333 e. The fraction of sp³-hybridized carbons (Fsp3) is 0.591. The lowest BCUT2D eigenvalue weighted by Crippen LogP contribution is -2.52. The molecule has 1 aromatic carbocycles. The van der Waals surface area contributed by atoms with E-state index in [1.165, 1.54) is 38.5 Å². The quantitative estimate of drug-likeness (QED) is 0.169. The number of ether oxygens (including phenoxy) is 3. The van der Waals surface area contributed by atoms with Crippen LogP contribution in [0.2, 0.25) is 0 Å². The average molecular weight is 608 g/mol. The van der Waals surface area contributed by atoms with Crippen molar-refractivity contribution in [2.24, 2.45) is 17.8 Å². The Kier molecular flexibility index (Phi) is 6.28. The van der Waals surface area contributed by atoms with Gasteiger partial charge < -0.3 is 14.2 Å². The first-order chi connectivity index (χ1) is 13.3. The first-order valence-corrected chi connectivity index (χ1v) is 12.1. The molecule has 0 amide bonds. The smallest absolute Gasteiger partial charge is 0.333 e. The van der Waals surface area contributed by atoms with E-state index in [2.05, 4.69) is 51.8 Å². The minimum Gasteiger partial charge on any atom is -0.465 e. The van der Waals surface area contributed by atoms with Gasteiger partial charge in [-0.15, -0.1) is 0 Å². The van der Waals surface area contributed by atoms with Gasteiger partial charge in [-0.25, -0.2) is 4.79 Å². The van der Waals surface area contributed by atoms with Gasteiger partial charge in [-0.2, -0.15) is 0 Å². The summed E-state index contributed by atoms with van der Waals surface area (Å²) >= 11 is 4.54. The number of rotatable bonds is 7. The van der Waals surface area contributed by atoms with Gasteiger partial charge in [0.1, 0.15) is 12.4 Å². The second kappa shape index (κ2) is 8.41. The Balaban J connectivity index is 1.35. The van der Waals surface area contributed by atoms with Crippen molar-refractivity contribution in [1.82, 2.24) is 0 Å². The molecule has 6 heteroatoms. The van der Waals surface area contributed by atoms with Crippen LogP contribution in [0.3, 0.4) is 0 Å². The number of carbonyl (C=O) groups excluding carboxylic acids is 1. The molecule has 0 saturated heterocycles. The normalized spacial score (nSPS) is 30.3. The van der Waals surface area contributed by atoms with Crippen LogP contribution in [0.1, 0.15) is 51.0 Å². The van der Waals surface area contributed by atoms with Gasteiger partial charge in [0.25, 0.3) is 0 Å². The van der Waals surface area contributed by atoms with Gasteiger partial charge >= 0.3 is 5.97 Å². The van der Waals surface area contributed by atoms with Gasteiger partial charge in [-0.1, -0.05) is 6.58 Å². The molecule has 0 spiro atoms. The summed E-state index contributed by atoms with van der Waals surface area (Å²) in [7, 11) is 0. The number of carbonyl (C=O) groups is 1. The third-order valence-corrected chi connectivity index (χ3v) is 7.93. The molecule has 4 fully saturated rings. The van der Waals surface area contributed by atoms with Gasteiger partial charge in [0.2, 0.25) is 0 Å². The van der Waals surface area contributed by atoms with Crippen molar-refractivity contribution in [1.29, 1.82) is 0 Å². The Hall–Kier alpha value is -0.350. The summed E-state index contributed by atoms with van der Waals surface area (Å²) in [6.45, 7) is 5.80. The molecule has 0 aliphatic heterocycles. The highest BCUT2D eigenvalue weighted by atomic mass is 127. The van der Waals surface area contributed by atoms with Crippen molar-refractivity contribution in [2.75, 3.05) is 6.79 Å². The molecular formula is C22H26I2O4. The lowest BCUT2D eigenvalue weighted by Gasteiger charge is -2.56. The number of esters is 1. The summed E-state index contributed by atoms with van der Waals surface area (Å²) in [6, 6.07) is 3.99. The molecule has 28 heavy (non-hydrogen) atoms. The maximum absolute atomic E-state index is 11.6. The van der Waals surface area contributed by atoms with E-state index >= 15 is 0 Å². The van der Waals surface area contributed by atoms with Crippen LogP contribution in [0.15, 0.2) is 24.3 Å². The Morgan fingerprint density at radius 3 is 2.14 bits per heavy atom. The molecule has 0 heterocycles. The monoisotopic (exact) mass is 608 g/mol. The summed E-state index contributed by atoms with van der Waals surface area (Å²) in [4.78, 5) is 11.6. The molecule has 4 nitrogen and oxygen atoms in total. The molecule has 0 atom stereocenters. The SMILES string of the molecule is C=C(C)C(=O)OCc1cc(I)c(OCOC23CC4CC(CC(C4)C2)C3)c(I)c1. The van der Waals surface area contributed by atoms with Crippen molar-refractivity contribution >= 4 is 51.2 Å². The third kappa shape index (κ3) is 4.53. The molecular weight excluding hydrogens is 582 g/mol. The van der Waals surface area contributed by atoms with Gasteiger partial charge in [0.05, 0.1) is 12.7 Å².